The van der Waals surface area contributed by atoms with Crippen LogP contribution in [-0.2, 0) is 0 Å². The SMILES string of the molecule is Cc1nnc(-c2ccccc2NC(=O)c2csc(Br)c2)o1. The smallest absolute Gasteiger partial charge is 0.256 e. The van der Waals surface area contributed by atoms with Gasteiger partial charge in [0.15, 0.2) is 0 Å². The minimum absolute atomic E-state index is 0.180. The van der Waals surface area contributed by atoms with Crippen LogP contribution >= 0.6 is 27.3 Å². The lowest BCUT2D eigenvalue weighted by Crippen LogP contribution is -2.11. The summed E-state index contributed by atoms with van der Waals surface area (Å²) in [5, 5.41) is 12.5. The molecule has 0 aliphatic rings. The quantitative estimate of drug-likeness (QED) is 0.759. The van der Waals surface area contributed by atoms with Gasteiger partial charge in [0.2, 0.25) is 11.8 Å². The number of carbonyl (C=O) groups is 1. The van der Waals surface area contributed by atoms with Gasteiger partial charge in [-0.05, 0) is 34.1 Å². The number of para-hydroxylation sites is 1. The summed E-state index contributed by atoms with van der Waals surface area (Å²) in [4.78, 5) is 12.2. The fourth-order valence-corrected chi connectivity index (χ4v) is 2.94. The lowest BCUT2D eigenvalue weighted by atomic mass is 10.1. The van der Waals surface area contributed by atoms with Crippen LogP contribution in [0, 0.1) is 6.92 Å². The monoisotopic (exact) mass is 363 g/mol. The van der Waals surface area contributed by atoms with E-state index >= 15 is 0 Å². The Balaban J connectivity index is 1.91. The molecule has 3 aromatic rings. The van der Waals surface area contributed by atoms with Crippen LogP contribution in [0.15, 0.2) is 43.9 Å². The summed E-state index contributed by atoms with van der Waals surface area (Å²) in [5.74, 6) is 0.684. The van der Waals surface area contributed by atoms with Gasteiger partial charge in [-0.15, -0.1) is 21.5 Å². The molecule has 0 radical (unpaired) electrons. The van der Waals surface area contributed by atoms with Crippen molar-refractivity contribution in [1.29, 1.82) is 0 Å². The van der Waals surface area contributed by atoms with Gasteiger partial charge in [0, 0.05) is 12.3 Å². The number of carbonyl (C=O) groups excluding carboxylic acids is 1. The van der Waals surface area contributed by atoms with Crippen molar-refractivity contribution in [3.63, 3.8) is 0 Å². The summed E-state index contributed by atoms with van der Waals surface area (Å²) in [5.41, 5.74) is 1.93. The first kappa shape index (κ1) is 14.0. The lowest BCUT2D eigenvalue weighted by Gasteiger charge is -2.07. The van der Waals surface area contributed by atoms with E-state index in [-0.39, 0.29) is 5.91 Å². The van der Waals surface area contributed by atoms with Gasteiger partial charge in [0.05, 0.1) is 20.6 Å². The molecule has 0 aliphatic carbocycles. The van der Waals surface area contributed by atoms with Gasteiger partial charge in [-0.2, -0.15) is 0 Å². The maximum atomic E-state index is 12.2. The van der Waals surface area contributed by atoms with Crippen molar-refractivity contribution in [3.8, 4) is 11.5 Å². The highest BCUT2D eigenvalue weighted by Crippen LogP contribution is 2.28. The van der Waals surface area contributed by atoms with Crippen LogP contribution in [0.1, 0.15) is 16.2 Å². The summed E-state index contributed by atoms with van der Waals surface area (Å²) in [6.07, 6.45) is 0. The highest BCUT2D eigenvalue weighted by molar-refractivity contribution is 9.11. The van der Waals surface area contributed by atoms with Gasteiger partial charge >= 0.3 is 0 Å². The molecule has 0 saturated carbocycles. The molecular weight excluding hydrogens is 354 g/mol. The van der Waals surface area contributed by atoms with Gasteiger partial charge in [-0.25, -0.2) is 0 Å². The average Bonchev–Trinajstić information content (AvgIpc) is 3.08. The van der Waals surface area contributed by atoms with Gasteiger partial charge in [-0.1, -0.05) is 12.1 Å². The molecule has 1 N–H and O–H groups in total. The minimum Gasteiger partial charge on any atom is -0.421 e. The van der Waals surface area contributed by atoms with E-state index in [0.717, 1.165) is 3.79 Å². The Labute approximate surface area is 133 Å². The number of hydrogen-bond donors (Lipinski definition) is 1. The summed E-state index contributed by atoms with van der Waals surface area (Å²) in [7, 11) is 0. The molecule has 7 heteroatoms. The maximum Gasteiger partial charge on any atom is 0.256 e. The van der Waals surface area contributed by atoms with E-state index in [1.54, 1.807) is 24.4 Å². The number of anilines is 1. The van der Waals surface area contributed by atoms with E-state index in [1.807, 2.05) is 18.2 Å². The number of aromatic nitrogens is 2. The zero-order valence-corrected chi connectivity index (χ0v) is 13.4. The maximum absolute atomic E-state index is 12.2. The molecule has 0 aliphatic heterocycles. The van der Waals surface area contributed by atoms with Crippen molar-refractivity contribution in [2.45, 2.75) is 6.92 Å². The van der Waals surface area contributed by atoms with E-state index in [2.05, 4.69) is 31.4 Å². The van der Waals surface area contributed by atoms with Crippen LogP contribution in [0.3, 0.4) is 0 Å². The van der Waals surface area contributed by atoms with Crippen molar-refractivity contribution < 1.29 is 9.21 Å². The van der Waals surface area contributed by atoms with Crippen LogP contribution in [0.2, 0.25) is 0 Å². The molecular formula is C14H10BrN3O2S. The molecule has 0 bridgehead atoms. The Kier molecular flexibility index (Phi) is 3.85. The number of hydrogen-bond acceptors (Lipinski definition) is 5. The summed E-state index contributed by atoms with van der Waals surface area (Å²) >= 11 is 4.81. The molecule has 2 aromatic heterocycles. The highest BCUT2D eigenvalue weighted by atomic mass is 79.9. The van der Waals surface area contributed by atoms with Crippen LogP contribution in [0.25, 0.3) is 11.5 Å². The van der Waals surface area contributed by atoms with Crippen molar-refractivity contribution in [2.24, 2.45) is 0 Å². The summed E-state index contributed by atoms with van der Waals surface area (Å²) < 4.78 is 6.33. The van der Waals surface area contributed by atoms with Crippen LogP contribution in [-0.4, -0.2) is 16.1 Å². The first-order valence-corrected chi connectivity index (χ1v) is 7.75. The molecule has 3 rings (SSSR count). The average molecular weight is 364 g/mol. The Bertz CT molecular complexity index is 797. The third-order valence-corrected chi connectivity index (χ3v) is 4.27. The number of thiophene rings is 1. The first-order chi connectivity index (χ1) is 10.1. The molecule has 0 atom stereocenters. The molecule has 1 aromatic carbocycles. The molecule has 1 amide bonds. The second-order valence-electron chi connectivity index (χ2n) is 4.27. The fourth-order valence-electron chi connectivity index (χ4n) is 1.81. The van der Waals surface area contributed by atoms with E-state index in [9.17, 15) is 4.79 Å². The van der Waals surface area contributed by atoms with Gasteiger partial charge in [0.25, 0.3) is 5.91 Å². The Hall–Kier alpha value is -1.99. The van der Waals surface area contributed by atoms with E-state index < -0.39 is 0 Å². The number of rotatable bonds is 3. The summed E-state index contributed by atoms with van der Waals surface area (Å²) in [6, 6.07) is 9.09. The second-order valence-corrected chi connectivity index (χ2v) is 6.56. The minimum atomic E-state index is -0.180. The topological polar surface area (TPSA) is 68.0 Å². The normalized spacial score (nSPS) is 10.6. The number of halogens is 1. The largest absolute Gasteiger partial charge is 0.421 e. The molecule has 5 nitrogen and oxygen atoms in total. The van der Waals surface area contributed by atoms with E-state index in [4.69, 9.17) is 4.42 Å². The Morgan fingerprint density at radius 3 is 2.81 bits per heavy atom. The number of nitrogens with zero attached hydrogens (tertiary/aromatic N) is 2. The number of nitrogens with one attached hydrogen (secondary N) is 1. The fraction of sp³-hybridized carbons (Fsp3) is 0.0714. The zero-order chi connectivity index (χ0) is 14.8. The van der Waals surface area contributed by atoms with Gasteiger partial charge in [0.1, 0.15) is 0 Å². The van der Waals surface area contributed by atoms with Crippen molar-refractivity contribution in [3.05, 3.63) is 51.0 Å². The Morgan fingerprint density at radius 2 is 2.14 bits per heavy atom. The number of amides is 1. The molecule has 21 heavy (non-hydrogen) atoms. The molecule has 2 heterocycles. The van der Waals surface area contributed by atoms with Crippen molar-refractivity contribution in [2.75, 3.05) is 5.32 Å². The van der Waals surface area contributed by atoms with E-state index in [0.29, 0.717) is 28.6 Å². The molecule has 106 valence electrons. The second kappa shape index (κ2) is 5.79. The zero-order valence-electron chi connectivity index (χ0n) is 11.0. The van der Waals surface area contributed by atoms with Gasteiger partial charge < -0.3 is 9.73 Å². The Morgan fingerprint density at radius 1 is 1.33 bits per heavy atom. The molecule has 0 unspecified atom stereocenters. The third-order valence-electron chi connectivity index (χ3n) is 2.76. The van der Waals surface area contributed by atoms with Crippen LogP contribution in [0.4, 0.5) is 5.69 Å². The van der Waals surface area contributed by atoms with Gasteiger partial charge in [-0.3, -0.25) is 4.79 Å². The molecule has 0 saturated heterocycles. The lowest BCUT2D eigenvalue weighted by molar-refractivity contribution is 0.102. The predicted octanol–water partition coefficient (Wildman–Crippen LogP) is 4.12. The van der Waals surface area contributed by atoms with E-state index in [1.165, 1.54) is 11.3 Å². The van der Waals surface area contributed by atoms with Crippen molar-refractivity contribution >= 4 is 38.9 Å². The predicted molar refractivity (Wildman–Crippen MR) is 84.4 cm³/mol. The standard InChI is InChI=1S/C14H10BrN3O2S/c1-8-17-18-14(20-8)10-4-2-3-5-11(10)16-13(19)9-6-12(15)21-7-9/h2-7H,1H3,(H,16,19). The third kappa shape index (κ3) is 3.03. The van der Waals surface area contributed by atoms with Crippen LogP contribution in [0.5, 0.6) is 0 Å². The molecule has 0 spiro atoms. The number of aryl methyl sites for hydroxylation is 1. The molecule has 0 fully saturated rings. The number of benzene rings is 1. The first-order valence-electron chi connectivity index (χ1n) is 6.08. The van der Waals surface area contributed by atoms with Crippen molar-refractivity contribution in [1.82, 2.24) is 10.2 Å². The summed E-state index contributed by atoms with van der Waals surface area (Å²) in [6.45, 7) is 1.72. The van der Waals surface area contributed by atoms with Crippen LogP contribution < -0.4 is 5.32 Å². The highest BCUT2D eigenvalue weighted by Gasteiger charge is 2.14.